The van der Waals surface area contributed by atoms with E-state index >= 15 is 0 Å². The first-order chi connectivity index (χ1) is 19.6. The standard InChI is InChI=1S/C30H40N6O5/c1-17(2)25-30-36-26(19(4)41-30)29(40)33-18(3)27(38)31-15-8-7-13-23(28(39)35-25)34-24(37)14-9-10-20-16-32-22-12-6-5-11-21(20)22/h5-6,11-12,16-18,23,25,32H,7-10,13-15H2,1-4H3,(H,31,38)(H,33,40)(H,34,37)(H,35,39)/t18-,23+,25+/m1/s1. The van der Waals surface area contributed by atoms with Crippen molar-refractivity contribution >= 4 is 34.5 Å². The van der Waals surface area contributed by atoms with Crippen molar-refractivity contribution in [2.75, 3.05) is 6.54 Å². The van der Waals surface area contributed by atoms with E-state index in [1.165, 1.54) is 0 Å². The summed E-state index contributed by atoms with van der Waals surface area (Å²) in [5.74, 6) is -1.01. The Bertz CT molecular complexity index is 1390. The van der Waals surface area contributed by atoms with Gasteiger partial charge in [0.1, 0.15) is 23.9 Å². The molecule has 0 aliphatic carbocycles. The Morgan fingerprint density at radius 1 is 1.12 bits per heavy atom. The lowest BCUT2D eigenvalue weighted by atomic mass is 10.0. The van der Waals surface area contributed by atoms with Gasteiger partial charge in [0.05, 0.1) is 0 Å². The number of hydrogen-bond donors (Lipinski definition) is 5. The molecule has 2 aromatic heterocycles. The normalized spacial score (nSPS) is 20.9. The summed E-state index contributed by atoms with van der Waals surface area (Å²) in [6.07, 6.45) is 5.25. The van der Waals surface area contributed by atoms with Crippen LogP contribution in [0.4, 0.5) is 0 Å². The van der Waals surface area contributed by atoms with Crippen LogP contribution in [0.25, 0.3) is 10.9 Å². The van der Waals surface area contributed by atoms with Crippen molar-refractivity contribution in [3.05, 3.63) is 53.4 Å². The van der Waals surface area contributed by atoms with Crippen molar-refractivity contribution in [1.29, 1.82) is 0 Å². The van der Waals surface area contributed by atoms with Gasteiger partial charge in [-0.1, -0.05) is 32.0 Å². The molecule has 0 spiro atoms. The monoisotopic (exact) mass is 564 g/mol. The molecule has 1 aromatic carbocycles. The van der Waals surface area contributed by atoms with Crippen LogP contribution in [0.1, 0.15) is 86.6 Å². The molecule has 41 heavy (non-hydrogen) atoms. The van der Waals surface area contributed by atoms with Gasteiger partial charge in [0.15, 0.2) is 5.69 Å². The van der Waals surface area contributed by atoms with Crippen LogP contribution in [0.3, 0.4) is 0 Å². The van der Waals surface area contributed by atoms with E-state index in [-0.39, 0.29) is 47.4 Å². The predicted molar refractivity (Wildman–Crippen MR) is 154 cm³/mol. The molecule has 11 nitrogen and oxygen atoms in total. The zero-order valence-electron chi connectivity index (χ0n) is 24.1. The average molecular weight is 565 g/mol. The van der Waals surface area contributed by atoms with E-state index in [2.05, 4.69) is 37.3 Å². The molecular formula is C30H40N6O5. The first-order valence-corrected chi connectivity index (χ1v) is 14.3. The smallest absolute Gasteiger partial charge is 0.274 e. The van der Waals surface area contributed by atoms with Crippen LogP contribution < -0.4 is 21.3 Å². The number of benzene rings is 1. The molecule has 220 valence electrons. The molecule has 3 atom stereocenters. The van der Waals surface area contributed by atoms with E-state index in [1.807, 2.05) is 38.2 Å². The number of aromatic amines is 1. The third-order valence-corrected chi connectivity index (χ3v) is 7.39. The zero-order chi connectivity index (χ0) is 29.5. The van der Waals surface area contributed by atoms with E-state index in [1.54, 1.807) is 13.8 Å². The minimum absolute atomic E-state index is 0.0618. The molecule has 5 N–H and O–H groups in total. The van der Waals surface area contributed by atoms with Gasteiger partial charge in [-0.3, -0.25) is 19.2 Å². The maximum Gasteiger partial charge on any atom is 0.274 e. The average Bonchev–Trinajstić information content (AvgIpc) is 3.53. The molecule has 1 aliphatic rings. The Hall–Kier alpha value is -4.15. The lowest BCUT2D eigenvalue weighted by Gasteiger charge is -2.24. The number of carbonyl (C=O) groups excluding carboxylic acids is 4. The van der Waals surface area contributed by atoms with Gasteiger partial charge >= 0.3 is 0 Å². The third kappa shape index (κ3) is 7.53. The number of para-hydroxylation sites is 1. The molecule has 4 rings (SSSR count). The Labute approximate surface area is 239 Å². The van der Waals surface area contributed by atoms with E-state index in [0.717, 1.165) is 22.9 Å². The highest BCUT2D eigenvalue weighted by Gasteiger charge is 2.31. The fourth-order valence-electron chi connectivity index (χ4n) is 5.01. The summed E-state index contributed by atoms with van der Waals surface area (Å²) >= 11 is 0. The number of rotatable bonds is 6. The molecule has 3 heterocycles. The summed E-state index contributed by atoms with van der Waals surface area (Å²) in [7, 11) is 0. The molecule has 0 radical (unpaired) electrons. The zero-order valence-corrected chi connectivity index (χ0v) is 24.1. The second-order valence-electron chi connectivity index (χ2n) is 11.0. The molecule has 0 unspecified atom stereocenters. The van der Waals surface area contributed by atoms with Crippen LogP contribution in [-0.2, 0) is 20.8 Å². The first kappa shape index (κ1) is 29.8. The van der Waals surface area contributed by atoms with Crippen LogP contribution in [0.5, 0.6) is 0 Å². The van der Waals surface area contributed by atoms with Gasteiger partial charge in [0.25, 0.3) is 5.91 Å². The highest BCUT2D eigenvalue weighted by atomic mass is 16.4. The quantitative estimate of drug-likeness (QED) is 0.309. The Morgan fingerprint density at radius 2 is 1.90 bits per heavy atom. The van der Waals surface area contributed by atoms with Gasteiger partial charge in [-0.15, -0.1) is 0 Å². The van der Waals surface area contributed by atoms with Crippen molar-refractivity contribution in [2.45, 2.75) is 84.3 Å². The fraction of sp³-hybridized carbons (Fsp3) is 0.500. The Kier molecular flexibility index (Phi) is 9.80. The lowest BCUT2D eigenvalue weighted by Crippen LogP contribution is -2.48. The lowest BCUT2D eigenvalue weighted by molar-refractivity contribution is -0.130. The van der Waals surface area contributed by atoms with E-state index < -0.39 is 24.0 Å². The second kappa shape index (κ2) is 13.5. The number of aromatic nitrogens is 2. The Morgan fingerprint density at radius 3 is 2.68 bits per heavy atom. The topological polar surface area (TPSA) is 158 Å². The molecule has 0 saturated heterocycles. The number of aryl methyl sites for hydroxylation is 2. The summed E-state index contributed by atoms with van der Waals surface area (Å²) in [5.41, 5.74) is 2.28. The number of hydrogen-bond acceptors (Lipinski definition) is 6. The number of fused-ring (bicyclic) bond motifs is 3. The van der Waals surface area contributed by atoms with Crippen LogP contribution >= 0.6 is 0 Å². The first-order valence-electron chi connectivity index (χ1n) is 14.3. The summed E-state index contributed by atoms with van der Waals surface area (Å²) in [6.45, 7) is 7.42. The summed E-state index contributed by atoms with van der Waals surface area (Å²) in [5, 5.41) is 12.5. The van der Waals surface area contributed by atoms with E-state index in [9.17, 15) is 19.2 Å². The maximum absolute atomic E-state index is 13.5. The number of nitrogens with zero attached hydrogens (tertiary/aromatic N) is 1. The number of oxazole rings is 1. The number of amides is 4. The van der Waals surface area contributed by atoms with E-state index in [0.29, 0.717) is 32.2 Å². The van der Waals surface area contributed by atoms with Gasteiger partial charge in [-0.2, -0.15) is 0 Å². The molecule has 3 aromatic rings. The van der Waals surface area contributed by atoms with Crippen molar-refractivity contribution in [1.82, 2.24) is 31.2 Å². The third-order valence-electron chi connectivity index (χ3n) is 7.39. The van der Waals surface area contributed by atoms with Crippen molar-refractivity contribution in [2.24, 2.45) is 5.92 Å². The minimum Gasteiger partial charge on any atom is -0.443 e. The molecule has 1 aliphatic heterocycles. The molecule has 0 saturated carbocycles. The highest BCUT2D eigenvalue weighted by molar-refractivity contribution is 5.96. The molecule has 2 bridgehead atoms. The van der Waals surface area contributed by atoms with Gasteiger partial charge in [-0.25, -0.2) is 4.98 Å². The molecule has 4 amide bonds. The van der Waals surface area contributed by atoms with Gasteiger partial charge in [-0.05, 0) is 63.5 Å². The number of H-pyrrole nitrogens is 1. The number of carbonyl (C=O) groups is 4. The second-order valence-corrected chi connectivity index (χ2v) is 11.0. The maximum atomic E-state index is 13.5. The van der Waals surface area contributed by atoms with Crippen molar-refractivity contribution in [3.63, 3.8) is 0 Å². The van der Waals surface area contributed by atoms with Crippen LogP contribution in [0.2, 0.25) is 0 Å². The number of nitrogens with one attached hydrogen (secondary N) is 5. The van der Waals surface area contributed by atoms with Gasteiger partial charge in [0, 0.05) is 30.1 Å². The van der Waals surface area contributed by atoms with Gasteiger partial charge in [0.2, 0.25) is 23.6 Å². The summed E-state index contributed by atoms with van der Waals surface area (Å²) in [4.78, 5) is 59.3. The minimum atomic E-state index is -0.766. The predicted octanol–water partition coefficient (Wildman–Crippen LogP) is 3.20. The summed E-state index contributed by atoms with van der Waals surface area (Å²) < 4.78 is 5.80. The van der Waals surface area contributed by atoms with Crippen LogP contribution in [0, 0.1) is 12.8 Å². The van der Waals surface area contributed by atoms with Crippen molar-refractivity contribution in [3.8, 4) is 0 Å². The Balaban J connectivity index is 1.46. The molecule has 11 heteroatoms. The molecule has 0 fully saturated rings. The van der Waals surface area contributed by atoms with Gasteiger partial charge < -0.3 is 30.7 Å². The molecular weight excluding hydrogens is 524 g/mol. The van der Waals surface area contributed by atoms with E-state index in [4.69, 9.17) is 4.42 Å². The van der Waals surface area contributed by atoms with Crippen LogP contribution in [-0.4, -0.2) is 52.2 Å². The SMILES string of the molecule is Cc1oc2nc1C(=O)N[C@H](C)C(=O)NCCCC[C@H](NC(=O)CCCc1c[nH]c3ccccc13)C(=O)N[C@H]2C(C)C. The summed E-state index contributed by atoms with van der Waals surface area (Å²) in [6, 6.07) is 5.92. The van der Waals surface area contributed by atoms with Crippen molar-refractivity contribution < 1.29 is 23.6 Å². The fourth-order valence-corrected chi connectivity index (χ4v) is 5.01. The highest BCUT2D eigenvalue weighted by Crippen LogP contribution is 2.24. The largest absolute Gasteiger partial charge is 0.443 e. The van der Waals surface area contributed by atoms with Crippen LogP contribution in [0.15, 0.2) is 34.9 Å².